The molecule has 1 amide bonds. The van der Waals surface area contributed by atoms with Gasteiger partial charge in [-0.1, -0.05) is 13.8 Å². The van der Waals surface area contributed by atoms with Crippen LogP contribution in [0.3, 0.4) is 0 Å². The van der Waals surface area contributed by atoms with Gasteiger partial charge in [-0.3, -0.25) is 4.79 Å². The molecule has 100 valence electrons. The van der Waals surface area contributed by atoms with Gasteiger partial charge in [0, 0.05) is 30.4 Å². The molecule has 0 saturated heterocycles. The maximum Gasteiger partial charge on any atom is 0.254 e. The fraction of sp³-hybridized carbons (Fsp3) is 0.500. The molecule has 18 heavy (non-hydrogen) atoms. The molecule has 0 fully saturated rings. The Labute approximate surface area is 109 Å². The maximum absolute atomic E-state index is 12.3. The number of nitrogens with two attached hydrogens (primary N) is 1. The fourth-order valence-electron chi connectivity index (χ4n) is 2.07. The van der Waals surface area contributed by atoms with Crippen LogP contribution in [-0.2, 0) is 0 Å². The Hall–Kier alpha value is -1.71. The van der Waals surface area contributed by atoms with Gasteiger partial charge < -0.3 is 15.4 Å². The number of ether oxygens (including phenoxy) is 1. The van der Waals surface area contributed by atoms with E-state index in [0.29, 0.717) is 17.0 Å². The summed E-state index contributed by atoms with van der Waals surface area (Å²) >= 11 is 0. The van der Waals surface area contributed by atoms with E-state index < -0.39 is 0 Å². The second-order valence-electron chi connectivity index (χ2n) is 4.38. The number of hydrogen-bond donors (Lipinski definition) is 1. The minimum Gasteiger partial charge on any atom is -0.497 e. The van der Waals surface area contributed by atoms with E-state index in [9.17, 15) is 4.79 Å². The lowest BCUT2D eigenvalue weighted by Crippen LogP contribution is -2.36. The number of carbonyl (C=O) groups is 1. The van der Waals surface area contributed by atoms with Crippen LogP contribution in [0.4, 0.5) is 5.69 Å². The van der Waals surface area contributed by atoms with Crippen molar-refractivity contribution in [3.63, 3.8) is 0 Å². The second kappa shape index (κ2) is 6.28. The van der Waals surface area contributed by atoms with Crippen LogP contribution in [0.2, 0.25) is 0 Å². The van der Waals surface area contributed by atoms with Gasteiger partial charge in [0.05, 0.1) is 7.11 Å². The Balaban J connectivity index is 2.99. The molecule has 0 aliphatic rings. The van der Waals surface area contributed by atoms with Crippen molar-refractivity contribution in [1.82, 2.24) is 4.90 Å². The van der Waals surface area contributed by atoms with Crippen LogP contribution >= 0.6 is 0 Å². The molecule has 0 unspecified atom stereocenters. The zero-order valence-corrected chi connectivity index (χ0v) is 11.6. The predicted octanol–water partition coefficient (Wildman–Crippen LogP) is 2.54. The van der Waals surface area contributed by atoms with E-state index in [-0.39, 0.29) is 11.9 Å². The van der Waals surface area contributed by atoms with Crippen molar-refractivity contribution in [2.24, 2.45) is 0 Å². The van der Waals surface area contributed by atoms with Gasteiger partial charge in [-0.25, -0.2) is 0 Å². The Kier molecular flexibility index (Phi) is 5.01. The molecule has 0 aliphatic carbocycles. The highest BCUT2D eigenvalue weighted by molar-refractivity contribution is 5.95. The molecule has 2 N–H and O–H groups in total. The summed E-state index contributed by atoms with van der Waals surface area (Å²) in [7, 11) is 3.39. The number of hydrogen-bond acceptors (Lipinski definition) is 3. The highest BCUT2D eigenvalue weighted by atomic mass is 16.5. The summed E-state index contributed by atoms with van der Waals surface area (Å²) in [4.78, 5) is 14.1. The average molecular weight is 250 g/mol. The van der Waals surface area contributed by atoms with Crippen LogP contribution in [0.15, 0.2) is 18.2 Å². The zero-order valence-electron chi connectivity index (χ0n) is 11.6. The number of rotatable bonds is 5. The number of amides is 1. The van der Waals surface area contributed by atoms with Gasteiger partial charge in [0.15, 0.2) is 0 Å². The number of anilines is 1. The van der Waals surface area contributed by atoms with Crippen LogP contribution < -0.4 is 10.5 Å². The molecule has 1 aromatic carbocycles. The van der Waals surface area contributed by atoms with Gasteiger partial charge >= 0.3 is 0 Å². The molecule has 1 rings (SSSR count). The molecule has 0 heterocycles. The summed E-state index contributed by atoms with van der Waals surface area (Å²) in [5.74, 6) is 0.589. The van der Waals surface area contributed by atoms with E-state index in [0.717, 1.165) is 12.8 Å². The number of carbonyl (C=O) groups excluding carboxylic acids is 1. The van der Waals surface area contributed by atoms with Crippen molar-refractivity contribution in [1.29, 1.82) is 0 Å². The average Bonchev–Trinajstić information content (AvgIpc) is 2.38. The van der Waals surface area contributed by atoms with Gasteiger partial charge in [0.25, 0.3) is 5.91 Å². The molecule has 0 saturated carbocycles. The lowest BCUT2D eigenvalue weighted by Gasteiger charge is -2.26. The first kappa shape index (κ1) is 14.4. The van der Waals surface area contributed by atoms with Crippen LogP contribution in [0.5, 0.6) is 5.75 Å². The Morgan fingerprint density at radius 3 is 2.44 bits per heavy atom. The summed E-state index contributed by atoms with van der Waals surface area (Å²) in [5.41, 5.74) is 6.87. The predicted molar refractivity (Wildman–Crippen MR) is 73.9 cm³/mol. The van der Waals surface area contributed by atoms with Gasteiger partial charge in [0.1, 0.15) is 5.75 Å². The first-order valence-corrected chi connectivity index (χ1v) is 6.25. The topological polar surface area (TPSA) is 55.6 Å². The number of benzene rings is 1. The minimum atomic E-state index is -0.0192. The monoisotopic (exact) mass is 250 g/mol. The molecular weight excluding hydrogens is 228 g/mol. The molecule has 4 heteroatoms. The summed E-state index contributed by atoms with van der Waals surface area (Å²) in [5, 5.41) is 0. The quantitative estimate of drug-likeness (QED) is 0.817. The van der Waals surface area contributed by atoms with Crippen molar-refractivity contribution in [3.8, 4) is 5.75 Å². The van der Waals surface area contributed by atoms with Crippen molar-refractivity contribution in [2.75, 3.05) is 19.9 Å². The Bertz CT molecular complexity index is 414. The van der Waals surface area contributed by atoms with Crippen molar-refractivity contribution < 1.29 is 9.53 Å². The van der Waals surface area contributed by atoms with Gasteiger partial charge in [0.2, 0.25) is 0 Å². The first-order chi connectivity index (χ1) is 8.53. The molecule has 0 aliphatic heterocycles. The van der Waals surface area contributed by atoms with Crippen molar-refractivity contribution in [3.05, 3.63) is 23.8 Å². The van der Waals surface area contributed by atoms with Crippen LogP contribution in [0.1, 0.15) is 37.0 Å². The van der Waals surface area contributed by atoms with Gasteiger partial charge in [-0.15, -0.1) is 0 Å². The smallest absolute Gasteiger partial charge is 0.254 e. The van der Waals surface area contributed by atoms with E-state index >= 15 is 0 Å². The largest absolute Gasteiger partial charge is 0.497 e. The van der Waals surface area contributed by atoms with Crippen molar-refractivity contribution in [2.45, 2.75) is 32.7 Å². The Morgan fingerprint density at radius 2 is 1.94 bits per heavy atom. The minimum absolute atomic E-state index is 0.0192. The fourth-order valence-corrected chi connectivity index (χ4v) is 2.07. The molecule has 0 atom stereocenters. The van der Waals surface area contributed by atoms with E-state index in [1.54, 1.807) is 30.2 Å². The summed E-state index contributed by atoms with van der Waals surface area (Å²) in [6.45, 7) is 4.16. The molecule has 0 bridgehead atoms. The SMILES string of the molecule is CCC(CC)N(C)C(=O)c1cc(N)cc(OC)c1. The van der Waals surface area contributed by atoms with Crippen LogP contribution in [0, 0.1) is 0 Å². The molecule has 4 nitrogen and oxygen atoms in total. The molecular formula is C14H22N2O2. The normalized spacial score (nSPS) is 10.5. The van der Waals surface area contributed by atoms with E-state index in [1.807, 2.05) is 7.05 Å². The number of nitrogens with zero attached hydrogens (tertiary/aromatic N) is 1. The number of methoxy groups -OCH3 is 1. The van der Waals surface area contributed by atoms with E-state index in [4.69, 9.17) is 10.5 Å². The summed E-state index contributed by atoms with van der Waals surface area (Å²) < 4.78 is 5.13. The second-order valence-corrected chi connectivity index (χ2v) is 4.38. The molecule has 0 aromatic heterocycles. The maximum atomic E-state index is 12.3. The lowest BCUT2D eigenvalue weighted by molar-refractivity contribution is 0.0723. The third-order valence-electron chi connectivity index (χ3n) is 3.22. The first-order valence-electron chi connectivity index (χ1n) is 6.25. The molecule has 0 radical (unpaired) electrons. The van der Waals surface area contributed by atoms with E-state index in [1.165, 1.54) is 0 Å². The third-order valence-corrected chi connectivity index (χ3v) is 3.22. The molecule has 0 spiro atoms. The highest BCUT2D eigenvalue weighted by Crippen LogP contribution is 2.20. The zero-order chi connectivity index (χ0) is 13.7. The van der Waals surface area contributed by atoms with Gasteiger partial charge in [-0.2, -0.15) is 0 Å². The lowest BCUT2D eigenvalue weighted by atomic mass is 10.1. The van der Waals surface area contributed by atoms with Crippen molar-refractivity contribution >= 4 is 11.6 Å². The van der Waals surface area contributed by atoms with Crippen LogP contribution in [0.25, 0.3) is 0 Å². The Morgan fingerprint density at radius 1 is 1.33 bits per heavy atom. The highest BCUT2D eigenvalue weighted by Gasteiger charge is 2.19. The molecule has 1 aromatic rings. The van der Waals surface area contributed by atoms with Gasteiger partial charge in [-0.05, 0) is 25.0 Å². The standard InChI is InChI=1S/C14H22N2O2/c1-5-12(6-2)16(3)14(17)10-7-11(15)9-13(8-10)18-4/h7-9,12H,5-6,15H2,1-4H3. The third kappa shape index (κ3) is 3.15. The summed E-state index contributed by atoms with van der Waals surface area (Å²) in [6.07, 6.45) is 1.89. The van der Waals surface area contributed by atoms with Crippen LogP contribution in [-0.4, -0.2) is 31.0 Å². The van der Waals surface area contributed by atoms with E-state index in [2.05, 4.69) is 13.8 Å². The number of nitrogen functional groups attached to an aromatic ring is 1. The summed E-state index contributed by atoms with van der Waals surface area (Å²) in [6, 6.07) is 5.36.